The highest BCUT2D eigenvalue weighted by molar-refractivity contribution is 7.27. The first-order chi connectivity index (χ1) is 73.3. The van der Waals surface area contributed by atoms with Gasteiger partial charge in [0.2, 0.25) is 0 Å². The van der Waals surface area contributed by atoms with Gasteiger partial charge in [-0.25, -0.2) is 0 Å². The van der Waals surface area contributed by atoms with Crippen molar-refractivity contribution in [2.75, 3.05) is 14.7 Å². The molecule has 0 aliphatic carbocycles. The fraction of sp³-hybridized carbons (Fsp3) is 0. The molecule has 0 saturated carbocycles. The van der Waals surface area contributed by atoms with Crippen molar-refractivity contribution >= 4 is 221 Å². The molecule has 3 heterocycles. The van der Waals surface area contributed by atoms with Gasteiger partial charge in [0, 0.05) is 128 Å². The lowest BCUT2D eigenvalue weighted by atomic mass is 9.96. The molecule has 29 aromatic rings. The summed E-state index contributed by atoms with van der Waals surface area (Å²) in [7, 11) is 0. The lowest BCUT2D eigenvalue weighted by Crippen LogP contribution is -2.10. The van der Waals surface area contributed by atoms with E-state index in [1.165, 1.54) is 214 Å². The van der Waals surface area contributed by atoms with Gasteiger partial charge in [0.15, 0.2) is 0 Å². The zero-order valence-corrected chi connectivity index (χ0v) is 83.2. The van der Waals surface area contributed by atoms with E-state index in [1.54, 1.807) is 0 Å². The average Bonchev–Trinajstić information content (AvgIpc) is 1.55. The van der Waals surface area contributed by atoms with Crippen LogP contribution in [0.2, 0.25) is 0 Å². The van der Waals surface area contributed by atoms with Crippen molar-refractivity contribution in [3.63, 3.8) is 0 Å². The lowest BCUT2D eigenvalue weighted by Gasteiger charge is -2.27. The highest BCUT2D eigenvalue weighted by Crippen LogP contribution is 2.51. The molecule has 3 nitrogen and oxygen atoms in total. The lowest BCUT2D eigenvalue weighted by molar-refractivity contribution is 1.29. The Morgan fingerprint density at radius 2 is 0.358 bits per heavy atom. The minimum Gasteiger partial charge on any atom is -0.310 e. The Balaban J connectivity index is 0.000000110. The van der Waals surface area contributed by atoms with Crippen LogP contribution in [-0.2, 0) is 0 Å². The Morgan fingerprint density at radius 3 is 0.757 bits per heavy atom. The van der Waals surface area contributed by atoms with Crippen molar-refractivity contribution in [1.29, 1.82) is 0 Å². The third-order valence-corrected chi connectivity index (χ3v) is 32.9. The summed E-state index contributed by atoms with van der Waals surface area (Å²) in [5.41, 5.74) is 27.0. The summed E-state index contributed by atoms with van der Waals surface area (Å²) in [6.07, 6.45) is 0. The Hall–Kier alpha value is -18.4. The van der Waals surface area contributed by atoms with Gasteiger partial charge in [0.1, 0.15) is 0 Å². The van der Waals surface area contributed by atoms with Crippen LogP contribution in [0.3, 0.4) is 0 Å². The number of anilines is 9. The summed E-state index contributed by atoms with van der Waals surface area (Å²) in [5.74, 6) is 0. The van der Waals surface area contributed by atoms with Gasteiger partial charge in [-0.2, -0.15) is 0 Å². The minimum absolute atomic E-state index is 1.11. The van der Waals surface area contributed by atoms with Gasteiger partial charge >= 0.3 is 0 Å². The number of nitrogens with zero attached hydrogens (tertiary/aromatic N) is 3. The van der Waals surface area contributed by atoms with E-state index in [2.05, 4.69) is 579 Å². The van der Waals surface area contributed by atoms with E-state index in [-0.39, 0.29) is 0 Å². The molecule has 0 amide bonds. The van der Waals surface area contributed by atoms with Crippen LogP contribution in [0.4, 0.5) is 51.2 Å². The first-order valence-electron chi connectivity index (χ1n) is 50.5. The van der Waals surface area contributed by atoms with E-state index < -0.39 is 0 Å². The second-order valence-corrected chi connectivity index (χ2v) is 41.2. The molecule has 0 aliphatic rings. The largest absolute Gasteiger partial charge is 0.310 e. The Morgan fingerprint density at radius 1 is 0.115 bits per heavy atom. The van der Waals surface area contributed by atoms with Gasteiger partial charge in [-0.3, -0.25) is 0 Å². The average molecular weight is 1940 g/mol. The molecular weight excluding hydrogens is 1840 g/mol. The summed E-state index contributed by atoms with van der Waals surface area (Å²) < 4.78 is 8.08. The molecular formula is C142H93N3S3. The second kappa shape index (κ2) is 38.4. The van der Waals surface area contributed by atoms with Crippen LogP contribution < -0.4 is 14.7 Å². The molecule has 0 radical (unpaired) electrons. The van der Waals surface area contributed by atoms with E-state index >= 15 is 0 Å². The smallest absolute Gasteiger partial charge is 0.0540 e. The van der Waals surface area contributed by atoms with Gasteiger partial charge in [-0.15, -0.1) is 34.0 Å². The molecule has 0 saturated heterocycles. The van der Waals surface area contributed by atoms with Crippen LogP contribution in [0.5, 0.6) is 0 Å². The van der Waals surface area contributed by atoms with E-state index in [1.807, 2.05) is 34.0 Å². The fourth-order valence-corrected chi connectivity index (χ4v) is 25.9. The SMILES string of the molecule is c1ccc(-c2ccc(N(c3cc(-c4ccccc4)cc(-c4ccccc4)c3)c3ccc4c(ccc5ccc6c7ccccc7sc6c54)c3)cc2)cc1.c1ccc(-c2ccc(N(c3cccc(-c4ccccc4)c3)c3ccc4c(ccc5ccc6c7ccccc7sc6c54)c3)cc2)cc1.c1ccc(-c2cccc(-c3ccc(N(c4ccc5c(ccc6ccc7c8ccccc8sc7c65)c4)c4cccc5ccccc45)cc3)c2)cc1. The molecule has 694 valence electrons. The molecule has 0 bridgehead atoms. The van der Waals surface area contributed by atoms with Crippen LogP contribution in [0.15, 0.2) is 564 Å². The number of hydrogen-bond donors (Lipinski definition) is 0. The number of hydrogen-bond acceptors (Lipinski definition) is 6. The Labute approximate surface area is 870 Å². The van der Waals surface area contributed by atoms with Crippen molar-refractivity contribution < 1.29 is 0 Å². The van der Waals surface area contributed by atoms with Crippen molar-refractivity contribution in [3.8, 4) is 77.9 Å². The standard InChI is InChI=1S/C50H33NS.C48H31NS.C44H29NS/c1-4-12-34(13-5-1)37-22-25-42(26-23-37)51(44-32-40(35-14-6-2-7-15-35)30-41(33-44)36-16-8-3-9-17-36)43-27-29-45-39(31-43)21-20-38-24-28-47-46-18-10-11-19-48(46)52-50(47)49(38)45;1-2-10-32(11-3-1)36-14-8-15-37(30-36)33-22-25-39(26-23-33)49(45-18-9-13-34-12-4-5-16-41(34)45)40-27-29-42-38(31-40)21-20-35-24-28-44-43-17-6-7-19-46(43)50-48(44)47(35)42;1-3-10-30(11-4-1)32-20-23-36(24-21-32)45(37-15-9-14-34(28-37)31-12-5-2-6-13-31)38-25-27-39-35(29-38)19-18-33-22-26-41-40-16-7-8-17-42(40)46-44(41)43(33)39/h1-33H;1-31H;1-29H. The number of benzene rings is 26. The Bertz CT molecular complexity index is 10000. The third-order valence-electron chi connectivity index (χ3n) is 29.3. The molecule has 26 aromatic carbocycles. The quantitative estimate of drug-likeness (QED) is 0.0893. The molecule has 6 heteroatoms. The molecule has 0 aliphatic heterocycles. The molecule has 3 aromatic heterocycles. The van der Waals surface area contributed by atoms with Gasteiger partial charge < -0.3 is 14.7 Å². The van der Waals surface area contributed by atoms with Crippen LogP contribution >= 0.6 is 34.0 Å². The zero-order valence-electron chi connectivity index (χ0n) is 80.8. The number of rotatable bonds is 16. The van der Waals surface area contributed by atoms with E-state index in [0.29, 0.717) is 0 Å². The van der Waals surface area contributed by atoms with Crippen LogP contribution in [0.25, 0.3) is 214 Å². The van der Waals surface area contributed by atoms with Gasteiger partial charge in [0.05, 0.1) is 5.69 Å². The van der Waals surface area contributed by atoms with Gasteiger partial charge in [0.25, 0.3) is 0 Å². The van der Waals surface area contributed by atoms with E-state index in [9.17, 15) is 0 Å². The van der Waals surface area contributed by atoms with Crippen molar-refractivity contribution in [2.24, 2.45) is 0 Å². The molecule has 148 heavy (non-hydrogen) atoms. The van der Waals surface area contributed by atoms with Crippen molar-refractivity contribution in [1.82, 2.24) is 0 Å². The van der Waals surface area contributed by atoms with Crippen LogP contribution in [0.1, 0.15) is 0 Å². The summed E-state index contributed by atoms with van der Waals surface area (Å²) in [4.78, 5) is 7.21. The monoisotopic (exact) mass is 1940 g/mol. The summed E-state index contributed by atoms with van der Waals surface area (Å²) in [5, 5.41) is 25.8. The minimum atomic E-state index is 1.11. The molecule has 0 atom stereocenters. The molecule has 29 rings (SSSR count). The molecule has 0 unspecified atom stereocenters. The number of fused-ring (bicyclic) bond motifs is 22. The Kier molecular flexibility index (Phi) is 23.0. The summed E-state index contributed by atoms with van der Waals surface area (Å²) in [6, 6.07) is 205. The fourth-order valence-electron chi connectivity index (χ4n) is 22.1. The maximum absolute atomic E-state index is 2.41. The predicted molar refractivity (Wildman–Crippen MR) is 643 cm³/mol. The summed E-state index contributed by atoms with van der Waals surface area (Å²) >= 11 is 5.70. The van der Waals surface area contributed by atoms with Crippen molar-refractivity contribution in [3.05, 3.63) is 564 Å². The second-order valence-electron chi connectivity index (χ2n) is 38.1. The van der Waals surface area contributed by atoms with Crippen LogP contribution in [-0.4, -0.2) is 0 Å². The normalized spacial score (nSPS) is 11.5. The van der Waals surface area contributed by atoms with Crippen molar-refractivity contribution in [2.45, 2.75) is 0 Å². The van der Waals surface area contributed by atoms with E-state index in [0.717, 1.165) is 51.2 Å². The van der Waals surface area contributed by atoms with Crippen LogP contribution in [0, 0.1) is 0 Å². The maximum Gasteiger partial charge on any atom is 0.0540 e. The van der Waals surface area contributed by atoms with Gasteiger partial charge in [-0.1, -0.05) is 431 Å². The highest BCUT2D eigenvalue weighted by Gasteiger charge is 2.25. The molecule has 0 spiro atoms. The van der Waals surface area contributed by atoms with E-state index in [4.69, 9.17) is 0 Å². The zero-order chi connectivity index (χ0) is 97.9. The predicted octanol–water partition coefficient (Wildman–Crippen LogP) is 42.3. The molecule has 0 N–H and O–H groups in total. The maximum atomic E-state index is 2.41. The van der Waals surface area contributed by atoms with Gasteiger partial charge in [-0.05, 0) is 265 Å². The molecule has 0 fully saturated rings. The highest BCUT2D eigenvalue weighted by atomic mass is 32.1. The summed E-state index contributed by atoms with van der Waals surface area (Å²) in [6.45, 7) is 0. The third kappa shape index (κ3) is 16.6. The first-order valence-corrected chi connectivity index (χ1v) is 53.0. The number of thiophene rings is 3. The topological polar surface area (TPSA) is 9.72 Å². The first kappa shape index (κ1) is 88.5.